The Hall–Kier alpha value is -2.49. The molecule has 0 spiro atoms. The van der Waals surface area contributed by atoms with Crippen molar-refractivity contribution in [3.63, 3.8) is 0 Å². The van der Waals surface area contributed by atoms with Gasteiger partial charge in [0, 0.05) is 5.41 Å². The minimum absolute atomic E-state index is 0.0291. The number of carbonyl (C=O) groups is 1. The standard InChI is InChI=1S/C18H20N2O2/c1-18(2,3)17(21)13-22-16-12-8-7-11-15(16)20-19-14-9-5-4-6-10-14/h4-12H,13H2,1-3H3. The lowest BCUT2D eigenvalue weighted by atomic mass is 9.91. The number of ether oxygens (including phenoxy) is 1. The molecule has 0 aliphatic carbocycles. The number of ketones is 1. The molecule has 2 aromatic rings. The van der Waals surface area contributed by atoms with E-state index < -0.39 is 5.41 Å². The largest absolute Gasteiger partial charge is 0.483 e. The summed E-state index contributed by atoms with van der Waals surface area (Å²) in [7, 11) is 0. The summed E-state index contributed by atoms with van der Waals surface area (Å²) in [6.07, 6.45) is 0. The summed E-state index contributed by atoms with van der Waals surface area (Å²) in [5.74, 6) is 0.599. The van der Waals surface area contributed by atoms with E-state index in [1.54, 1.807) is 6.07 Å². The van der Waals surface area contributed by atoms with E-state index in [-0.39, 0.29) is 12.4 Å². The molecule has 0 bridgehead atoms. The van der Waals surface area contributed by atoms with Crippen LogP contribution in [0.3, 0.4) is 0 Å². The Balaban J connectivity index is 2.10. The van der Waals surface area contributed by atoms with E-state index in [1.807, 2.05) is 69.3 Å². The lowest BCUT2D eigenvalue weighted by Crippen LogP contribution is -2.26. The van der Waals surface area contributed by atoms with Crippen molar-refractivity contribution in [2.45, 2.75) is 20.8 Å². The van der Waals surface area contributed by atoms with Gasteiger partial charge in [0.25, 0.3) is 0 Å². The Bertz CT molecular complexity index is 658. The van der Waals surface area contributed by atoms with E-state index in [1.165, 1.54) is 0 Å². The lowest BCUT2D eigenvalue weighted by molar-refractivity contribution is -0.128. The van der Waals surface area contributed by atoms with Crippen LogP contribution in [0.1, 0.15) is 20.8 Å². The number of hydrogen-bond donors (Lipinski definition) is 0. The Morgan fingerprint density at radius 3 is 2.27 bits per heavy atom. The number of para-hydroxylation sites is 1. The Morgan fingerprint density at radius 2 is 1.59 bits per heavy atom. The Labute approximate surface area is 130 Å². The molecule has 0 saturated carbocycles. The molecule has 0 unspecified atom stereocenters. The number of Topliss-reactive ketones (excluding diaryl/α,β-unsaturated/α-hetero) is 1. The van der Waals surface area contributed by atoms with Crippen LogP contribution in [0.25, 0.3) is 0 Å². The second-order valence-electron chi connectivity index (χ2n) is 5.97. The second-order valence-corrected chi connectivity index (χ2v) is 5.97. The van der Waals surface area contributed by atoms with Gasteiger partial charge >= 0.3 is 0 Å². The molecule has 4 nitrogen and oxygen atoms in total. The van der Waals surface area contributed by atoms with Gasteiger partial charge in [0.15, 0.2) is 5.78 Å². The number of rotatable bonds is 5. The molecular weight excluding hydrogens is 276 g/mol. The van der Waals surface area contributed by atoms with Gasteiger partial charge in [0.2, 0.25) is 0 Å². The quantitative estimate of drug-likeness (QED) is 0.721. The van der Waals surface area contributed by atoms with Crippen molar-refractivity contribution < 1.29 is 9.53 Å². The summed E-state index contributed by atoms with van der Waals surface area (Å²) in [6, 6.07) is 16.8. The SMILES string of the molecule is CC(C)(C)C(=O)COc1ccccc1N=Nc1ccccc1. The van der Waals surface area contributed by atoms with E-state index in [2.05, 4.69) is 10.2 Å². The maximum absolute atomic E-state index is 11.9. The molecule has 22 heavy (non-hydrogen) atoms. The minimum atomic E-state index is -0.416. The molecule has 0 fully saturated rings. The monoisotopic (exact) mass is 296 g/mol. The highest BCUT2D eigenvalue weighted by Crippen LogP contribution is 2.29. The first kappa shape index (κ1) is 15.9. The van der Waals surface area contributed by atoms with Crippen LogP contribution in [0.15, 0.2) is 64.8 Å². The molecule has 4 heteroatoms. The van der Waals surface area contributed by atoms with Gasteiger partial charge in [-0.3, -0.25) is 4.79 Å². The van der Waals surface area contributed by atoms with E-state index in [0.717, 1.165) is 5.69 Å². The average Bonchev–Trinajstić information content (AvgIpc) is 2.51. The van der Waals surface area contributed by atoms with Crippen molar-refractivity contribution in [2.75, 3.05) is 6.61 Å². The maximum Gasteiger partial charge on any atom is 0.175 e. The van der Waals surface area contributed by atoms with Crippen molar-refractivity contribution in [3.05, 3.63) is 54.6 Å². The molecule has 0 amide bonds. The number of hydrogen-bond acceptors (Lipinski definition) is 4. The lowest BCUT2D eigenvalue weighted by Gasteiger charge is -2.17. The summed E-state index contributed by atoms with van der Waals surface area (Å²) >= 11 is 0. The molecule has 0 saturated heterocycles. The normalized spacial score (nSPS) is 11.6. The summed E-state index contributed by atoms with van der Waals surface area (Å²) in [5, 5.41) is 8.38. The Kier molecular flexibility index (Phi) is 5.04. The number of benzene rings is 2. The highest BCUT2D eigenvalue weighted by molar-refractivity contribution is 5.85. The van der Waals surface area contributed by atoms with Crippen molar-refractivity contribution in [3.8, 4) is 5.75 Å². The van der Waals surface area contributed by atoms with Crippen LogP contribution in [0.4, 0.5) is 11.4 Å². The summed E-state index contributed by atoms with van der Waals surface area (Å²) in [4.78, 5) is 11.9. The molecule has 0 aliphatic rings. The molecule has 0 N–H and O–H groups in total. The molecule has 2 aromatic carbocycles. The third-order valence-electron chi connectivity index (χ3n) is 3.09. The number of azo groups is 1. The summed E-state index contributed by atoms with van der Waals surface area (Å²) in [6.45, 7) is 5.65. The maximum atomic E-state index is 11.9. The zero-order valence-electron chi connectivity index (χ0n) is 13.1. The first-order valence-corrected chi connectivity index (χ1v) is 7.19. The smallest absolute Gasteiger partial charge is 0.175 e. The molecule has 0 aliphatic heterocycles. The number of nitrogens with zero attached hydrogens (tertiary/aromatic N) is 2. The molecule has 2 rings (SSSR count). The van der Waals surface area contributed by atoms with E-state index >= 15 is 0 Å². The number of carbonyl (C=O) groups excluding carboxylic acids is 1. The van der Waals surface area contributed by atoms with Crippen LogP contribution >= 0.6 is 0 Å². The minimum Gasteiger partial charge on any atom is -0.483 e. The fourth-order valence-electron chi connectivity index (χ4n) is 1.63. The average molecular weight is 296 g/mol. The van der Waals surface area contributed by atoms with E-state index in [4.69, 9.17) is 4.74 Å². The van der Waals surface area contributed by atoms with Gasteiger partial charge in [0.1, 0.15) is 18.0 Å². The predicted octanol–water partition coefficient (Wildman–Crippen LogP) is 5.10. The Morgan fingerprint density at radius 1 is 0.955 bits per heavy atom. The summed E-state index contributed by atoms with van der Waals surface area (Å²) < 4.78 is 5.61. The van der Waals surface area contributed by atoms with Gasteiger partial charge in [-0.1, -0.05) is 51.1 Å². The van der Waals surface area contributed by atoms with E-state index in [0.29, 0.717) is 11.4 Å². The van der Waals surface area contributed by atoms with Crippen molar-refractivity contribution in [1.29, 1.82) is 0 Å². The van der Waals surface area contributed by atoms with Crippen LogP contribution in [0.2, 0.25) is 0 Å². The van der Waals surface area contributed by atoms with Gasteiger partial charge < -0.3 is 4.74 Å². The fraction of sp³-hybridized carbons (Fsp3) is 0.278. The molecular formula is C18H20N2O2. The van der Waals surface area contributed by atoms with Crippen molar-refractivity contribution >= 4 is 17.2 Å². The third-order valence-corrected chi connectivity index (χ3v) is 3.09. The van der Waals surface area contributed by atoms with Crippen LogP contribution in [-0.4, -0.2) is 12.4 Å². The molecule has 0 atom stereocenters. The highest BCUT2D eigenvalue weighted by Gasteiger charge is 2.21. The topological polar surface area (TPSA) is 51.0 Å². The van der Waals surface area contributed by atoms with Gasteiger partial charge in [-0.15, -0.1) is 5.11 Å². The molecule has 0 heterocycles. The van der Waals surface area contributed by atoms with Crippen LogP contribution in [0, 0.1) is 5.41 Å². The van der Waals surface area contributed by atoms with Gasteiger partial charge in [-0.2, -0.15) is 5.11 Å². The molecule has 114 valence electrons. The highest BCUT2D eigenvalue weighted by atomic mass is 16.5. The van der Waals surface area contributed by atoms with Gasteiger partial charge in [0.05, 0.1) is 5.69 Å². The first-order valence-electron chi connectivity index (χ1n) is 7.19. The third kappa shape index (κ3) is 4.52. The van der Waals surface area contributed by atoms with E-state index in [9.17, 15) is 4.79 Å². The van der Waals surface area contributed by atoms with Crippen LogP contribution in [0.5, 0.6) is 5.75 Å². The predicted molar refractivity (Wildman–Crippen MR) is 87.0 cm³/mol. The summed E-state index contributed by atoms with van der Waals surface area (Å²) in [5.41, 5.74) is 0.955. The fourth-order valence-corrected chi connectivity index (χ4v) is 1.63. The van der Waals surface area contributed by atoms with Crippen molar-refractivity contribution in [1.82, 2.24) is 0 Å². The van der Waals surface area contributed by atoms with Crippen LogP contribution in [-0.2, 0) is 4.79 Å². The first-order chi connectivity index (χ1) is 10.5. The van der Waals surface area contributed by atoms with Gasteiger partial charge in [-0.25, -0.2) is 0 Å². The van der Waals surface area contributed by atoms with Crippen LogP contribution < -0.4 is 4.74 Å². The van der Waals surface area contributed by atoms with Gasteiger partial charge in [-0.05, 0) is 24.3 Å². The second kappa shape index (κ2) is 6.98. The molecule has 0 aromatic heterocycles. The zero-order valence-corrected chi connectivity index (χ0v) is 13.1. The van der Waals surface area contributed by atoms with Crippen molar-refractivity contribution in [2.24, 2.45) is 15.6 Å². The molecule has 0 radical (unpaired) electrons. The zero-order chi connectivity index (χ0) is 16.0.